The van der Waals surface area contributed by atoms with Crippen molar-refractivity contribution in [3.63, 3.8) is 0 Å². The van der Waals surface area contributed by atoms with Gasteiger partial charge in [-0.3, -0.25) is 4.90 Å². The van der Waals surface area contributed by atoms with Gasteiger partial charge in [0.25, 0.3) is 0 Å². The van der Waals surface area contributed by atoms with Crippen molar-refractivity contribution in [2.75, 3.05) is 53.5 Å². The van der Waals surface area contributed by atoms with E-state index in [-0.39, 0.29) is 6.03 Å². The van der Waals surface area contributed by atoms with Crippen molar-refractivity contribution in [2.24, 2.45) is 0 Å². The molecule has 0 bridgehead atoms. The van der Waals surface area contributed by atoms with E-state index in [0.717, 1.165) is 70.0 Å². The zero-order valence-electron chi connectivity index (χ0n) is 15.7. The minimum Gasteiger partial charge on any atom is -0.493 e. The van der Waals surface area contributed by atoms with Gasteiger partial charge in [-0.15, -0.1) is 0 Å². The van der Waals surface area contributed by atoms with E-state index in [0.29, 0.717) is 0 Å². The summed E-state index contributed by atoms with van der Waals surface area (Å²) in [4.78, 5) is 16.4. The van der Waals surface area contributed by atoms with Crippen LogP contribution < -0.4 is 14.8 Å². The van der Waals surface area contributed by atoms with Gasteiger partial charge < -0.3 is 19.7 Å². The number of methoxy groups -OCH3 is 2. The molecule has 1 N–H and O–H groups in total. The lowest BCUT2D eigenvalue weighted by Gasteiger charge is -2.34. The highest BCUT2D eigenvalue weighted by molar-refractivity contribution is 5.74. The molecule has 0 aromatic heterocycles. The predicted molar refractivity (Wildman–Crippen MR) is 99.6 cm³/mol. The van der Waals surface area contributed by atoms with Gasteiger partial charge in [-0.05, 0) is 30.5 Å². The van der Waals surface area contributed by atoms with E-state index in [1.165, 1.54) is 5.56 Å². The number of unbranched alkanes of at least 4 members (excludes halogenated alkanes) is 1. The highest BCUT2D eigenvalue weighted by Crippen LogP contribution is 2.27. The van der Waals surface area contributed by atoms with Crippen molar-refractivity contribution in [1.29, 1.82) is 0 Å². The number of rotatable bonds is 8. The van der Waals surface area contributed by atoms with Gasteiger partial charge >= 0.3 is 6.03 Å². The molecule has 0 radical (unpaired) electrons. The van der Waals surface area contributed by atoms with Crippen LogP contribution in [0.25, 0.3) is 0 Å². The van der Waals surface area contributed by atoms with Crippen LogP contribution in [-0.4, -0.2) is 69.3 Å². The van der Waals surface area contributed by atoms with E-state index in [4.69, 9.17) is 9.47 Å². The molecule has 6 nitrogen and oxygen atoms in total. The van der Waals surface area contributed by atoms with Crippen LogP contribution in [0.5, 0.6) is 11.5 Å². The Morgan fingerprint density at radius 2 is 1.84 bits per heavy atom. The molecule has 140 valence electrons. The Morgan fingerprint density at radius 3 is 2.48 bits per heavy atom. The molecule has 1 aliphatic heterocycles. The van der Waals surface area contributed by atoms with E-state index in [2.05, 4.69) is 23.2 Å². The summed E-state index contributed by atoms with van der Waals surface area (Å²) >= 11 is 0. The molecule has 6 heteroatoms. The van der Waals surface area contributed by atoms with E-state index in [1.807, 2.05) is 17.0 Å². The summed E-state index contributed by atoms with van der Waals surface area (Å²) in [5.41, 5.74) is 1.23. The van der Waals surface area contributed by atoms with Gasteiger partial charge in [0, 0.05) is 39.3 Å². The molecule has 1 heterocycles. The summed E-state index contributed by atoms with van der Waals surface area (Å²) in [7, 11) is 3.31. The normalized spacial score (nSPS) is 15.1. The van der Waals surface area contributed by atoms with Crippen molar-refractivity contribution in [2.45, 2.75) is 26.2 Å². The molecule has 0 atom stereocenters. The minimum atomic E-state index is 0.0768. The number of nitrogens with one attached hydrogen (secondary N) is 1. The maximum absolute atomic E-state index is 12.1. The summed E-state index contributed by atoms with van der Waals surface area (Å²) in [5, 5.41) is 2.99. The SMILES string of the molecule is CCCCNC(=O)N1CCN(CCc2ccc(OC)c(OC)c2)CC1. The Hall–Kier alpha value is -1.95. The molecule has 2 amide bonds. The molecule has 1 saturated heterocycles. The molecule has 1 fully saturated rings. The number of urea groups is 1. The number of benzene rings is 1. The number of hydrogen-bond donors (Lipinski definition) is 1. The van der Waals surface area contributed by atoms with E-state index >= 15 is 0 Å². The first-order chi connectivity index (χ1) is 12.2. The number of amides is 2. The highest BCUT2D eigenvalue weighted by atomic mass is 16.5. The second kappa shape index (κ2) is 10.1. The molecule has 0 spiro atoms. The molecule has 1 aromatic carbocycles. The third kappa shape index (κ3) is 5.81. The Kier molecular flexibility index (Phi) is 7.85. The molecular formula is C19H31N3O3. The summed E-state index contributed by atoms with van der Waals surface area (Å²) in [6, 6.07) is 6.15. The summed E-state index contributed by atoms with van der Waals surface area (Å²) in [6.07, 6.45) is 3.10. The molecule has 1 aromatic rings. The first-order valence-corrected chi connectivity index (χ1v) is 9.14. The Bertz CT molecular complexity index is 543. The topological polar surface area (TPSA) is 54.0 Å². The Balaban J connectivity index is 1.74. The van der Waals surface area contributed by atoms with Crippen molar-refractivity contribution < 1.29 is 14.3 Å². The fourth-order valence-corrected chi connectivity index (χ4v) is 2.98. The van der Waals surface area contributed by atoms with Crippen molar-refractivity contribution >= 4 is 6.03 Å². The molecule has 0 saturated carbocycles. The monoisotopic (exact) mass is 349 g/mol. The largest absolute Gasteiger partial charge is 0.493 e. The van der Waals surface area contributed by atoms with Crippen LogP contribution in [0.2, 0.25) is 0 Å². The van der Waals surface area contributed by atoms with E-state index in [9.17, 15) is 4.79 Å². The summed E-state index contributed by atoms with van der Waals surface area (Å²) in [5.74, 6) is 1.53. The van der Waals surface area contributed by atoms with Crippen LogP contribution >= 0.6 is 0 Å². The number of carbonyl (C=O) groups excluding carboxylic acids is 1. The van der Waals surface area contributed by atoms with Crippen molar-refractivity contribution in [1.82, 2.24) is 15.1 Å². The van der Waals surface area contributed by atoms with Gasteiger partial charge in [-0.2, -0.15) is 0 Å². The smallest absolute Gasteiger partial charge is 0.317 e. The first-order valence-electron chi connectivity index (χ1n) is 9.14. The fraction of sp³-hybridized carbons (Fsp3) is 0.632. The zero-order chi connectivity index (χ0) is 18.1. The number of hydrogen-bond acceptors (Lipinski definition) is 4. The second-order valence-corrected chi connectivity index (χ2v) is 6.35. The van der Waals surface area contributed by atoms with Gasteiger partial charge in [0.2, 0.25) is 0 Å². The second-order valence-electron chi connectivity index (χ2n) is 6.35. The lowest BCUT2D eigenvalue weighted by Crippen LogP contribution is -2.52. The van der Waals surface area contributed by atoms with Gasteiger partial charge in [0.15, 0.2) is 11.5 Å². The molecule has 0 unspecified atom stereocenters. The minimum absolute atomic E-state index is 0.0768. The van der Waals surface area contributed by atoms with Gasteiger partial charge in [-0.1, -0.05) is 19.4 Å². The van der Waals surface area contributed by atoms with Gasteiger partial charge in [0.1, 0.15) is 0 Å². The molecule has 25 heavy (non-hydrogen) atoms. The third-order valence-electron chi connectivity index (χ3n) is 4.63. The number of ether oxygens (including phenoxy) is 2. The number of carbonyl (C=O) groups is 1. The van der Waals surface area contributed by atoms with Gasteiger partial charge in [-0.25, -0.2) is 4.79 Å². The molecule has 1 aliphatic rings. The average molecular weight is 349 g/mol. The molecule has 0 aliphatic carbocycles. The highest BCUT2D eigenvalue weighted by Gasteiger charge is 2.20. The predicted octanol–water partition coefficient (Wildman–Crippen LogP) is 2.37. The lowest BCUT2D eigenvalue weighted by atomic mass is 10.1. The van der Waals surface area contributed by atoms with Crippen LogP contribution in [0.4, 0.5) is 4.79 Å². The van der Waals surface area contributed by atoms with E-state index < -0.39 is 0 Å². The summed E-state index contributed by atoms with van der Waals surface area (Å²) < 4.78 is 10.6. The fourth-order valence-electron chi connectivity index (χ4n) is 2.98. The third-order valence-corrected chi connectivity index (χ3v) is 4.63. The zero-order valence-corrected chi connectivity index (χ0v) is 15.7. The Labute approximate surface area is 151 Å². The van der Waals surface area contributed by atoms with Crippen LogP contribution in [0.15, 0.2) is 18.2 Å². The van der Waals surface area contributed by atoms with Crippen LogP contribution in [0.1, 0.15) is 25.3 Å². The lowest BCUT2D eigenvalue weighted by molar-refractivity contribution is 0.140. The van der Waals surface area contributed by atoms with Gasteiger partial charge in [0.05, 0.1) is 14.2 Å². The van der Waals surface area contributed by atoms with E-state index in [1.54, 1.807) is 14.2 Å². The number of nitrogens with zero attached hydrogens (tertiary/aromatic N) is 2. The molecular weight excluding hydrogens is 318 g/mol. The Morgan fingerprint density at radius 1 is 1.12 bits per heavy atom. The maximum atomic E-state index is 12.1. The van der Waals surface area contributed by atoms with Crippen LogP contribution in [-0.2, 0) is 6.42 Å². The van der Waals surface area contributed by atoms with Crippen LogP contribution in [0, 0.1) is 0 Å². The maximum Gasteiger partial charge on any atom is 0.317 e. The quantitative estimate of drug-likeness (QED) is 0.732. The van der Waals surface area contributed by atoms with Crippen molar-refractivity contribution in [3.05, 3.63) is 23.8 Å². The standard InChI is InChI=1S/C19H31N3O3/c1-4-5-9-20-19(23)22-13-11-21(12-14-22)10-8-16-6-7-17(24-2)18(15-16)25-3/h6-7,15H,4-5,8-14H2,1-3H3,(H,20,23). The first kappa shape index (κ1) is 19.4. The number of piperazine rings is 1. The average Bonchev–Trinajstić information content (AvgIpc) is 2.66. The van der Waals surface area contributed by atoms with Crippen LogP contribution in [0.3, 0.4) is 0 Å². The van der Waals surface area contributed by atoms with Crippen molar-refractivity contribution in [3.8, 4) is 11.5 Å². The summed E-state index contributed by atoms with van der Waals surface area (Å²) in [6.45, 7) is 7.33. The molecule has 2 rings (SSSR count).